The van der Waals surface area contributed by atoms with Gasteiger partial charge in [0, 0.05) is 28.2 Å². The number of ether oxygens (including phenoxy) is 2. The number of aryl methyl sites for hydroxylation is 1. The molecule has 0 bridgehead atoms. The van der Waals surface area contributed by atoms with E-state index >= 15 is 0 Å². The molecule has 0 saturated heterocycles. The third-order valence-corrected chi connectivity index (χ3v) is 8.54. The van der Waals surface area contributed by atoms with Gasteiger partial charge in [0.05, 0.1) is 17.5 Å². The van der Waals surface area contributed by atoms with Gasteiger partial charge in [0.2, 0.25) is 0 Å². The van der Waals surface area contributed by atoms with Gasteiger partial charge < -0.3 is 19.3 Å². The van der Waals surface area contributed by atoms with Gasteiger partial charge in [-0.2, -0.15) is 0 Å². The zero-order valence-corrected chi connectivity index (χ0v) is 23.3. The Kier molecular flexibility index (Phi) is 9.72. The van der Waals surface area contributed by atoms with Crippen LogP contribution in [0.15, 0.2) is 54.6 Å². The summed E-state index contributed by atoms with van der Waals surface area (Å²) < 4.78 is 36.3. The van der Waals surface area contributed by atoms with Crippen molar-refractivity contribution in [1.82, 2.24) is 5.32 Å². The van der Waals surface area contributed by atoms with Crippen LogP contribution in [-0.4, -0.2) is 40.7 Å². The molecule has 0 spiro atoms. The van der Waals surface area contributed by atoms with Crippen LogP contribution < -0.4 is 14.4 Å². The van der Waals surface area contributed by atoms with Crippen molar-refractivity contribution in [2.75, 3.05) is 24.1 Å². The monoisotopic (exact) mass is 581 g/mol. The van der Waals surface area contributed by atoms with Crippen LogP contribution in [0.3, 0.4) is 0 Å². The van der Waals surface area contributed by atoms with Crippen LogP contribution in [0.5, 0.6) is 5.75 Å². The fourth-order valence-corrected chi connectivity index (χ4v) is 6.48. The minimum atomic E-state index is -2.45. The average Bonchev–Trinajstić information content (AvgIpc) is 3.29. The highest BCUT2D eigenvalue weighted by atomic mass is 35.5. The van der Waals surface area contributed by atoms with Crippen LogP contribution >= 0.6 is 34.5 Å². The number of benzene rings is 2. The minimum Gasteiger partial charge on any atom is -0.755 e. The predicted molar refractivity (Wildman–Crippen MR) is 148 cm³/mol. The molecule has 0 aliphatic heterocycles. The van der Waals surface area contributed by atoms with Crippen molar-refractivity contribution in [1.29, 1.82) is 0 Å². The molecule has 198 valence electrons. The van der Waals surface area contributed by atoms with Crippen LogP contribution in [0.1, 0.15) is 36.0 Å². The first-order chi connectivity index (χ1) is 17.8. The summed E-state index contributed by atoms with van der Waals surface area (Å²) in [6, 6.07) is 16.8. The van der Waals surface area contributed by atoms with E-state index < -0.39 is 17.4 Å². The minimum absolute atomic E-state index is 0.0194. The lowest BCUT2D eigenvalue weighted by molar-refractivity contribution is 0.144. The molecule has 3 aromatic rings. The topological polar surface area (TPSA) is 90.9 Å². The Balaban J connectivity index is 1.53. The Labute approximate surface area is 233 Å². The van der Waals surface area contributed by atoms with Crippen molar-refractivity contribution in [3.05, 3.63) is 80.6 Å². The van der Waals surface area contributed by atoms with Crippen molar-refractivity contribution in [3.63, 3.8) is 0 Å². The summed E-state index contributed by atoms with van der Waals surface area (Å²) >= 11 is 10.9. The van der Waals surface area contributed by atoms with Gasteiger partial charge in [-0.1, -0.05) is 41.4 Å². The Morgan fingerprint density at radius 3 is 2.76 bits per heavy atom. The lowest BCUT2D eigenvalue weighted by atomic mass is 9.76. The van der Waals surface area contributed by atoms with Crippen LogP contribution in [0.4, 0.5) is 9.80 Å². The lowest BCUT2D eigenvalue weighted by Gasteiger charge is -2.34. The molecule has 1 aliphatic carbocycles. The van der Waals surface area contributed by atoms with E-state index in [9.17, 15) is 13.6 Å². The smallest absolute Gasteiger partial charge is 0.407 e. The number of carbonyl (C=O) groups is 1. The molecule has 37 heavy (non-hydrogen) atoms. The van der Waals surface area contributed by atoms with Crippen molar-refractivity contribution >= 4 is 56.9 Å². The molecule has 11 heteroatoms. The van der Waals surface area contributed by atoms with Gasteiger partial charge in [-0.3, -0.25) is 8.51 Å². The van der Waals surface area contributed by atoms with Crippen LogP contribution in [0.2, 0.25) is 9.36 Å². The van der Waals surface area contributed by atoms with Crippen molar-refractivity contribution in [2.45, 2.75) is 38.1 Å². The fourth-order valence-electron chi connectivity index (χ4n) is 4.57. The largest absolute Gasteiger partial charge is 0.755 e. The molecule has 1 aromatic heterocycles. The SMILES string of the molecule is CCOC(=O)NC1CCc2ccc(OCCN(c3ccc(Cl)s3)S(=O)[O-])cc2C1Cc1cccc(Cl)c1. The fraction of sp³-hybridized carbons (Fsp3) is 0.346. The first-order valence-electron chi connectivity index (χ1n) is 11.9. The normalized spacial score (nSPS) is 17.5. The van der Waals surface area contributed by atoms with E-state index in [0.29, 0.717) is 33.1 Å². The molecule has 1 amide bonds. The molecule has 2 aromatic carbocycles. The number of amides is 1. The highest BCUT2D eigenvalue weighted by Crippen LogP contribution is 2.37. The number of rotatable bonds is 10. The molecule has 3 unspecified atom stereocenters. The van der Waals surface area contributed by atoms with Gasteiger partial charge >= 0.3 is 6.09 Å². The Morgan fingerprint density at radius 2 is 2.05 bits per heavy atom. The summed E-state index contributed by atoms with van der Waals surface area (Å²) in [7, 11) is 0. The maximum absolute atomic E-state index is 12.3. The number of anilines is 1. The predicted octanol–water partition coefficient (Wildman–Crippen LogP) is 6.12. The van der Waals surface area contributed by atoms with Crippen LogP contribution in [-0.2, 0) is 28.8 Å². The zero-order valence-electron chi connectivity index (χ0n) is 20.2. The highest BCUT2D eigenvalue weighted by molar-refractivity contribution is 7.81. The molecule has 0 saturated carbocycles. The number of hydrogen-bond donors (Lipinski definition) is 1. The summed E-state index contributed by atoms with van der Waals surface area (Å²) in [5.74, 6) is 0.613. The molecule has 3 atom stereocenters. The second-order valence-corrected chi connectivity index (χ2v) is 11.6. The molecule has 1 N–H and O–H groups in total. The van der Waals surface area contributed by atoms with E-state index in [1.807, 2.05) is 42.5 Å². The van der Waals surface area contributed by atoms with Crippen molar-refractivity contribution < 1.29 is 23.0 Å². The van der Waals surface area contributed by atoms with E-state index in [4.69, 9.17) is 32.7 Å². The van der Waals surface area contributed by atoms with E-state index in [1.165, 1.54) is 21.2 Å². The Bertz CT molecular complexity index is 1260. The Hall–Kier alpha value is -2.30. The van der Waals surface area contributed by atoms with Gasteiger partial charge in [0.1, 0.15) is 17.4 Å². The lowest BCUT2D eigenvalue weighted by Crippen LogP contribution is -2.43. The van der Waals surface area contributed by atoms with Gasteiger partial charge in [0.15, 0.2) is 0 Å². The van der Waals surface area contributed by atoms with Gasteiger partial charge in [-0.25, -0.2) is 4.79 Å². The number of hydrogen-bond acceptors (Lipinski definition) is 6. The quantitative estimate of drug-likeness (QED) is 0.291. The standard InChI is InChI=1S/C26H28Cl2N2O5S2/c1-2-34-26(31)29-23-9-7-18-6-8-20(16-21(18)22(23)15-17-4-3-5-19(27)14-17)35-13-12-30(37(32)33)25-11-10-24(28)36-25/h3-6,8,10-11,14,16,22-23H,2,7,9,12-13,15H2,1H3,(H,29,31)(H,32,33)/p-1. The summed E-state index contributed by atoms with van der Waals surface area (Å²) in [5, 5.41) is 4.23. The van der Waals surface area contributed by atoms with Gasteiger partial charge in [-0.05, 0) is 79.3 Å². The molecule has 7 nitrogen and oxygen atoms in total. The third kappa shape index (κ3) is 7.39. The Morgan fingerprint density at radius 1 is 1.22 bits per heavy atom. The van der Waals surface area contributed by atoms with E-state index in [-0.39, 0.29) is 25.1 Å². The van der Waals surface area contributed by atoms with Crippen molar-refractivity contribution in [3.8, 4) is 5.75 Å². The maximum Gasteiger partial charge on any atom is 0.407 e. The summed E-state index contributed by atoms with van der Waals surface area (Å²) in [5.41, 5.74) is 3.34. The third-order valence-electron chi connectivity index (χ3n) is 6.20. The molecule has 0 fully saturated rings. The first-order valence-corrected chi connectivity index (χ1v) is 14.5. The molecule has 4 rings (SSSR count). The van der Waals surface area contributed by atoms with Crippen LogP contribution in [0.25, 0.3) is 0 Å². The molecule has 0 radical (unpaired) electrons. The molecular formula is C26H27Cl2N2O5S2-. The number of thiophene rings is 1. The average molecular weight is 583 g/mol. The van der Waals surface area contributed by atoms with E-state index in [2.05, 4.69) is 5.32 Å². The molecular weight excluding hydrogens is 555 g/mol. The van der Waals surface area contributed by atoms with Gasteiger partial charge in [-0.15, -0.1) is 11.3 Å². The number of nitrogens with zero attached hydrogens (tertiary/aromatic N) is 1. The number of nitrogens with one attached hydrogen (secondary N) is 1. The summed E-state index contributed by atoms with van der Waals surface area (Å²) in [6.45, 7) is 2.38. The second kappa shape index (κ2) is 13.0. The molecule has 1 heterocycles. The van der Waals surface area contributed by atoms with Crippen molar-refractivity contribution in [2.24, 2.45) is 0 Å². The van der Waals surface area contributed by atoms with E-state index in [0.717, 1.165) is 24.0 Å². The maximum atomic E-state index is 12.3. The van der Waals surface area contributed by atoms with E-state index in [1.54, 1.807) is 19.1 Å². The summed E-state index contributed by atoms with van der Waals surface area (Å²) in [6.07, 6.45) is 1.83. The van der Waals surface area contributed by atoms with Gasteiger partial charge in [0.25, 0.3) is 0 Å². The summed E-state index contributed by atoms with van der Waals surface area (Å²) in [4.78, 5) is 12.3. The first kappa shape index (κ1) is 27.7. The number of alkyl carbamates (subject to hydrolysis) is 1. The number of fused-ring (bicyclic) bond motifs is 1. The molecule has 1 aliphatic rings. The highest BCUT2D eigenvalue weighted by Gasteiger charge is 2.31. The number of halogens is 2. The zero-order chi connectivity index (χ0) is 26.4. The number of carbonyl (C=O) groups excluding carboxylic acids is 1. The van der Waals surface area contributed by atoms with Crippen LogP contribution in [0, 0.1) is 0 Å². The second-order valence-electron chi connectivity index (χ2n) is 8.56.